The maximum absolute atomic E-state index is 11.6. The molecular formula is C23H29N7O2. The first kappa shape index (κ1) is 20.6. The zero-order chi connectivity index (χ0) is 22.2. The van der Waals surface area contributed by atoms with E-state index in [4.69, 9.17) is 4.74 Å². The van der Waals surface area contributed by atoms with Gasteiger partial charge >= 0.3 is 0 Å². The zero-order valence-corrected chi connectivity index (χ0v) is 18.7. The lowest BCUT2D eigenvalue weighted by molar-refractivity contribution is 0.126. The largest absolute Gasteiger partial charge is 0.473 e. The van der Waals surface area contributed by atoms with Crippen molar-refractivity contribution >= 4 is 16.7 Å². The SMILES string of the molecule is CNc1cc2c(cn1)c(C1C=CN(C)N1)cn2[C@H]1CC[C@@H](Oc2ccc(=O)n(C)n2)CC1. The van der Waals surface area contributed by atoms with E-state index in [0.717, 1.165) is 31.5 Å². The number of fused-ring (bicyclic) bond motifs is 1. The Hall–Kier alpha value is -3.33. The molecule has 9 heteroatoms. The molecule has 0 bridgehead atoms. The van der Waals surface area contributed by atoms with Gasteiger partial charge in [-0.05, 0) is 31.8 Å². The van der Waals surface area contributed by atoms with Crippen molar-refractivity contribution in [2.45, 2.75) is 43.9 Å². The molecule has 2 N–H and O–H groups in total. The van der Waals surface area contributed by atoms with E-state index >= 15 is 0 Å². The zero-order valence-electron chi connectivity index (χ0n) is 18.7. The van der Waals surface area contributed by atoms with Crippen molar-refractivity contribution in [1.29, 1.82) is 0 Å². The number of hydrogen-bond donors (Lipinski definition) is 2. The van der Waals surface area contributed by atoms with E-state index < -0.39 is 0 Å². The molecule has 32 heavy (non-hydrogen) atoms. The average Bonchev–Trinajstić information content (AvgIpc) is 3.40. The normalized spacial score (nSPS) is 23.1. The molecule has 0 aromatic carbocycles. The Morgan fingerprint density at radius 2 is 2.00 bits per heavy atom. The van der Waals surface area contributed by atoms with Crippen LogP contribution in [0.5, 0.6) is 5.88 Å². The first-order valence-electron chi connectivity index (χ1n) is 11.1. The topological polar surface area (TPSA) is 89.2 Å². The summed E-state index contributed by atoms with van der Waals surface area (Å²) >= 11 is 0. The number of nitrogens with one attached hydrogen (secondary N) is 2. The molecule has 1 fully saturated rings. The van der Waals surface area contributed by atoms with Gasteiger partial charge in [0.2, 0.25) is 5.88 Å². The summed E-state index contributed by atoms with van der Waals surface area (Å²) in [5.74, 6) is 1.38. The van der Waals surface area contributed by atoms with Crippen LogP contribution in [0.15, 0.2) is 47.7 Å². The lowest BCUT2D eigenvalue weighted by atomic mass is 9.92. The number of aryl methyl sites for hydroxylation is 1. The average molecular weight is 436 g/mol. The highest BCUT2D eigenvalue weighted by Gasteiger charge is 2.27. The van der Waals surface area contributed by atoms with Crippen molar-refractivity contribution in [2.24, 2.45) is 7.05 Å². The van der Waals surface area contributed by atoms with Gasteiger partial charge in [0.15, 0.2) is 0 Å². The summed E-state index contributed by atoms with van der Waals surface area (Å²) in [6.45, 7) is 0. The third-order valence-electron chi connectivity index (χ3n) is 6.45. The fraction of sp³-hybridized carbons (Fsp3) is 0.435. The second-order valence-electron chi connectivity index (χ2n) is 8.57. The molecule has 168 valence electrons. The summed E-state index contributed by atoms with van der Waals surface area (Å²) in [6, 6.07) is 5.83. The van der Waals surface area contributed by atoms with Gasteiger partial charge in [-0.1, -0.05) is 0 Å². The molecule has 0 saturated heterocycles. The van der Waals surface area contributed by atoms with Crippen molar-refractivity contribution in [3.63, 3.8) is 0 Å². The lowest BCUT2D eigenvalue weighted by Crippen LogP contribution is -2.27. The lowest BCUT2D eigenvalue weighted by Gasteiger charge is -2.30. The van der Waals surface area contributed by atoms with E-state index in [9.17, 15) is 4.79 Å². The van der Waals surface area contributed by atoms with Gasteiger partial charge in [0.25, 0.3) is 5.56 Å². The Morgan fingerprint density at radius 1 is 1.19 bits per heavy atom. The molecule has 4 heterocycles. The van der Waals surface area contributed by atoms with Crippen LogP contribution in [0, 0.1) is 0 Å². The fourth-order valence-electron chi connectivity index (χ4n) is 4.71. The van der Waals surface area contributed by atoms with Gasteiger partial charge in [0, 0.05) is 74.9 Å². The highest BCUT2D eigenvalue weighted by atomic mass is 16.5. The van der Waals surface area contributed by atoms with Crippen molar-refractivity contribution < 1.29 is 4.74 Å². The number of nitrogens with zero attached hydrogens (tertiary/aromatic N) is 5. The maximum atomic E-state index is 11.6. The monoisotopic (exact) mass is 435 g/mol. The van der Waals surface area contributed by atoms with Crippen LogP contribution in [0.1, 0.15) is 43.3 Å². The number of ether oxygens (including phenoxy) is 1. The molecule has 1 saturated carbocycles. The number of hydrogen-bond acceptors (Lipinski definition) is 7. The Kier molecular flexibility index (Phi) is 5.34. The summed E-state index contributed by atoms with van der Waals surface area (Å²) in [7, 11) is 5.55. The fourth-order valence-corrected chi connectivity index (χ4v) is 4.71. The molecule has 0 spiro atoms. The molecule has 3 aromatic heterocycles. The molecule has 1 aliphatic heterocycles. The summed E-state index contributed by atoms with van der Waals surface area (Å²) in [4.78, 5) is 16.1. The van der Waals surface area contributed by atoms with Gasteiger partial charge in [-0.25, -0.2) is 15.1 Å². The van der Waals surface area contributed by atoms with Crippen LogP contribution in [0.3, 0.4) is 0 Å². The Balaban J connectivity index is 1.37. The van der Waals surface area contributed by atoms with Crippen molar-refractivity contribution in [3.8, 4) is 5.88 Å². The molecule has 1 atom stereocenters. The minimum absolute atomic E-state index is 0.111. The van der Waals surface area contributed by atoms with Crippen LogP contribution in [0.2, 0.25) is 0 Å². The molecule has 5 rings (SSSR count). The number of hydrazine groups is 1. The van der Waals surface area contributed by atoms with Gasteiger partial charge in [-0.2, -0.15) is 0 Å². The standard InChI is InChI=1S/C23H29N7O2/c1-24-21-12-20-17(13-25-21)18(19-10-11-28(2)26-19)14-30(20)15-4-6-16(7-5-15)32-22-8-9-23(31)29(3)27-22/h8-16,19,26H,4-7H2,1-3H3,(H,24,25)/t15-,16+,19?. The Bertz CT molecular complexity index is 1210. The summed E-state index contributed by atoms with van der Waals surface area (Å²) < 4.78 is 9.80. The van der Waals surface area contributed by atoms with Crippen molar-refractivity contribution in [3.05, 3.63) is 58.8 Å². The highest BCUT2D eigenvalue weighted by Crippen LogP contribution is 2.37. The predicted molar refractivity (Wildman–Crippen MR) is 123 cm³/mol. The van der Waals surface area contributed by atoms with Crippen molar-refractivity contribution in [2.75, 3.05) is 19.4 Å². The molecule has 3 aromatic rings. The third-order valence-corrected chi connectivity index (χ3v) is 6.45. The van der Waals surface area contributed by atoms with Crippen molar-refractivity contribution in [1.82, 2.24) is 29.8 Å². The maximum Gasteiger partial charge on any atom is 0.266 e. The number of pyridine rings is 1. The smallest absolute Gasteiger partial charge is 0.266 e. The molecule has 1 aliphatic carbocycles. The van der Waals surface area contributed by atoms with E-state index in [1.54, 1.807) is 13.1 Å². The molecule has 0 amide bonds. The molecule has 1 unspecified atom stereocenters. The van der Waals surface area contributed by atoms with E-state index in [1.165, 1.54) is 27.2 Å². The first-order chi connectivity index (χ1) is 15.5. The Labute approximate surface area is 186 Å². The predicted octanol–water partition coefficient (Wildman–Crippen LogP) is 2.74. The summed E-state index contributed by atoms with van der Waals surface area (Å²) in [5.41, 5.74) is 5.77. The van der Waals surface area contributed by atoms with E-state index in [0.29, 0.717) is 11.9 Å². The van der Waals surface area contributed by atoms with Crippen LogP contribution >= 0.6 is 0 Å². The second kappa shape index (κ2) is 8.31. The third kappa shape index (κ3) is 3.84. The van der Waals surface area contributed by atoms with E-state index in [1.807, 2.05) is 25.3 Å². The quantitative estimate of drug-likeness (QED) is 0.637. The minimum atomic E-state index is -0.135. The van der Waals surface area contributed by atoms with Crippen LogP contribution in [0.4, 0.5) is 5.82 Å². The van der Waals surface area contributed by atoms with Crippen LogP contribution in [-0.2, 0) is 7.05 Å². The molecule has 0 radical (unpaired) electrons. The van der Waals surface area contributed by atoms with E-state index in [-0.39, 0.29) is 17.7 Å². The first-order valence-corrected chi connectivity index (χ1v) is 11.1. The number of rotatable bonds is 5. The van der Waals surface area contributed by atoms with Crippen LogP contribution in [0.25, 0.3) is 10.9 Å². The van der Waals surface area contributed by atoms with Gasteiger partial charge in [-0.15, -0.1) is 5.10 Å². The Morgan fingerprint density at radius 3 is 2.69 bits per heavy atom. The van der Waals surface area contributed by atoms with Gasteiger partial charge in [-0.3, -0.25) is 4.79 Å². The van der Waals surface area contributed by atoms with Crippen LogP contribution in [-0.4, -0.2) is 44.5 Å². The van der Waals surface area contributed by atoms with Crippen LogP contribution < -0.4 is 21.0 Å². The number of anilines is 1. The summed E-state index contributed by atoms with van der Waals surface area (Å²) in [6.07, 6.45) is 12.5. The second-order valence-corrected chi connectivity index (χ2v) is 8.57. The van der Waals surface area contributed by atoms with Gasteiger partial charge < -0.3 is 19.6 Å². The molecule has 2 aliphatic rings. The molecular weight excluding hydrogens is 406 g/mol. The summed E-state index contributed by atoms with van der Waals surface area (Å²) in [5, 5.41) is 10.5. The van der Waals surface area contributed by atoms with Gasteiger partial charge in [0.1, 0.15) is 11.9 Å². The highest BCUT2D eigenvalue weighted by molar-refractivity contribution is 5.86. The minimum Gasteiger partial charge on any atom is -0.473 e. The van der Waals surface area contributed by atoms with Gasteiger partial charge in [0.05, 0.1) is 11.6 Å². The van der Waals surface area contributed by atoms with E-state index in [2.05, 4.69) is 49.9 Å². The molecule has 9 nitrogen and oxygen atoms in total. The number of aromatic nitrogens is 4.